The maximum atomic E-state index is 13.2. The number of carbonyl (C=O) groups excluding carboxylic acids is 1. The lowest BCUT2D eigenvalue weighted by molar-refractivity contribution is -0.104. The van der Waals surface area contributed by atoms with Crippen molar-refractivity contribution >= 4 is 29.2 Å². The minimum atomic E-state index is -0.453. The van der Waals surface area contributed by atoms with Gasteiger partial charge in [-0.1, -0.05) is 19.1 Å². The van der Waals surface area contributed by atoms with Gasteiger partial charge in [-0.15, -0.1) is 12.4 Å². The summed E-state index contributed by atoms with van der Waals surface area (Å²) in [6.07, 6.45) is 5.97. The van der Waals surface area contributed by atoms with Crippen LogP contribution in [0.3, 0.4) is 0 Å². The molecule has 1 amide bonds. The van der Waals surface area contributed by atoms with E-state index in [0.29, 0.717) is 29.5 Å². The lowest BCUT2D eigenvalue weighted by Gasteiger charge is -2.61. The van der Waals surface area contributed by atoms with E-state index < -0.39 is 11.5 Å². The first-order valence-corrected chi connectivity index (χ1v) is 11.7. The second kappa shape index (κ2) is 8.38. The van der Waals surface area contributed by atoms with Crippen LogP contribution in [0.15, 0.2) is 29.1 Å². The van der Waals surface area contributed by atoms with Gasteiger partial charge < -0.3 is 15.0 Å². The number of rotatable bonds is 5. The van der Waals surface area contributed by atoms with Crippen molar-refractivity contribution < 1.29 is 9.90 Å². The monoisotopic (exact) mass is 459 g/mol. The molecule has 6 nitrogen and oxygen atoms in total. The van der Waals surface area contributed by atoms with Gasteiger partial charge in [-0.25, -0.2) is 0 Å². The normalized spacial score (nSPS) is 28.8. The van der Waals surface area contributed by atoms with Gasteiger partial charge in [0.15, 0.2) is 0 Å². The van der Waals surface area contributed by atoms with Crippen LogP contribution in [0.1, 0.15) is 69.3 Å². The minimum Gasteiger partial charge on any atom is -0.506 e. The number of hydrogen-bond acceptors (Lipinski definition) is 4. The number of hydrogen-bond donors (Lipinski definition) is 2. The van der Waals surface area contributed by atoms with Crippen molar-refractivity contribution in [1.29, 1.82) is 0 Å². The molecule has 2 N–H and O–H groups in total. The summed E-state index contributed by atoms with van der Waals surface area (Å²) in [5.74, 6) is 0.0906. The van der Waals surface area contributed by atoms with Crippen LogP contribution >= 0.6 is 12.4 Å². The van der Waals surface area contributed by atoms with Gasteiger partial charge in [-0.3, -0.25) is 14.5 Å². The summed E-state index contributed by atoms with van der Waals surface area (Å²) >= 11 is 0. The molecular formula is C25H34ClN3O3. The Kier molecular flexibility index (Phi) is 6.05. The fourth-order valence-corrected chi connectivity index (χ4v) is 7.02. The Hall–Kier alpha value is -2.05. The molecule has 2 saturated heterocycles. The maximum Gasteiger partial charge on any atom is 0.267 e. The zero-order valence-electron chi connectivity index (χ0n) is 19.1. The lowest BCUT2D eigenvalue weighted by atomic mass is 9.55. The average Bonchev–Trinajstić information content (AvgIpc) is 2.72. The Morgan fingerprint density at radius 2 is 1.84 bits per heavy atom. The van der Waals surface area contributed by atoms with E-state index in [2.05, 4.69) is 17.1 Å². The van der Waals surface area contributed by atoms with Crippen LogP contribution in [0.2, 0.25) is 0 Å². The minimum absolute atomic E-state index is 0. The van der Waals surface area contributed by atoms with Crippen LogP contribution < -0.4 is 10.9 Å². The zero-order valence-corrected chi connectivity index (χ0v) is 20.0. The maximum absolute atomic E-state index is 13.2. The van der Waals surface area contributed by atoms with E-state index in [-0.39, 0.29) is 35.2 Å². The van der Waals surface area contributed by atoms with Crippen LogP contribution in [0, 0.1) is 11.3 Å². The van der Waals surface area contributed by atoms with Crippen molar-refractivity contribution in [3.8, 4) is 5.75 Å². The first-order valence-electron chi connectivity index (χ1n) is 11.7. The topological polar surface area (TPSA) is 74.6 Å². The van der Waals surface area contributed by atoms with E-state index in [1.807, 2.05) is 32.0 Å². The summed E-state index contributed by atoms with van der Waals surface area (Å²) in [6.45, 7) is 7.77. The van der Waals surface area contributed by atoms with Crippen LogP contribution in [0.25, 0.3) is 10.9 Å². The summed E-state index contributed by atoms with van der Waals surface area (Å²) in [5.41, 5.74) is 0.220. The quantitative estimate of drug-likeness (QED) is 0.706. The largest absolute Gasteiger partial charge is 0.506 e. The van der Waals surface area contributed by atoms with E-state index in [0.717, 1.165) is 31.7 Å². The van der Waals surface area contributed by atoms with E-state index in [1.165, 1.54) is 12.8 Å². The van der Waals surface area contributed by atoms with Gasteiger partial charge in [0.05, 0.1) is 5.52 Å². The third kappa shape index (κ3) is 3.52. The van der Waals surface area contributed by atoms with E-state index in [4.69, 9.17) is 0 Å². The van der Waals surface area contributed by atoms with Crippen molar-refractivity contribution in [3.05, 3.63) is 40.2 Å². The van der Waals surface area contributed by atoms with Crippen molar-refractivity contribution in [3.63, 3.8) is 0 Å². The molecule has 2 saturated carbocycles. The summed E-state index contributed by atoms with van der Waals surface area (Å²) in [6, 6.07) is 8.36. The van der Waals surface area contributed by atoms with Crippen LogP contribution in [0.5, 0.6) is 5.75 Å². The van der Waals surface area contributed by atoms with E-state index >= 15 is 0 Å². The predicted octanol–water partition coefficient (Wildman–Crippen LogP) is 4.09. The summed E-state index contributed by atoms with van der Waals surface area (Å²) in [5, 5.41) is 14.5. The summed E-state index contributed by atoms with van der Waals surface area (Å²) in [4.78, 5) is 29.1. The zero-order chi connectivity index (χ0) is 21.9. The molecule has 4 bridgehead atoms. The lowest BCUT2D eigenvalue weighted by Crippen LogP contribution is -2.63. The molecule has 7 heteroatoms. The highest BCUT2D eigenvalue weighted by Crippen LogP contribution is 2.55. The van der Waals surface area contributed by atoms with E-state index in [9.17, 15) is 14.7 Å². The van der Waals surface area contributed by atoms with Crippen molar-refractivity contribution in [2.75, 3.05) is 13.1 Å². The molecule has 2 atom stereocenters. The smallest absolute Gasteiger partial charge is 0.267 e. The molecule has 2 unspecified atom stereocenters. The Morgan fingerprint density at radius 1 is 1.19 bits per heavy atom. The number of para-hydroxylation sites is 1. The fourth-order valence-electron chi connectivity index (χ4n) is 7.02. The molecule has 4 fully saturated rings. The number of aromatic hydroxyl groups is 1. The third-order valence-corrected chi connectivity index (χ3v) is 8.03. The molecular weight excluding hydrogens is 426 g/mol. The van der Waals surface area contributed by atoms with Gasteiger partial charge in [-0.05, 0) is 76.0 Å². The highest BCUT2D eigenvalue weighted by atomic mass is 35.5. The summed E-state index contributed by atoms with van der Waals surface area (Å²) < 4.78 is 1.60. The number of amides is 1. The molecule has 2 aliphatic heterocycles. The van der Waals surface area contributed by atoms with Crippen molar-refractivity contribution in [1.82, 2.24) is 14.8 Å². The first kappa shape index (κ1) is 23.1. The van der Waals surface area contributed by atoms with E-state index in [1.54, 1.807) is 10.6 Å². The molecule has 1 aromatic heterocycles. The summed E-state index contributed by atoms with van der Waals surface area (Å²) in [7, 11) is 0. The van der Waals surface area contributed by atoms with Gasteiger partial charge in [0.1, 0.15) is 11.3 Å². The van der Waals surface area contributed by atoms with Crippen molar-refractivity contribution in [2.45, 2.75) is 71.0 Å². The molecule has 174 valence electrons. The molecule has 32 heavy (non-hydrogen) atoms. The Balaban J connectivity index is 0.00000245. The van der Waals surface area contributed by atoms with Crippen molar-refractivity contribution in [2.24, 2.45) is 11.3 Å². The van der Waals surface area contributed by atoms with Gasteiger partial charge in [0.25, 0.3) is 11.5 Å². The number of nitrogens with zero attached hydrogens (tertiary/aromatic N) is 2. The van der Waals surface area contributed by atoms with Gasteiger partial charge in [0, 0.05) is 30.1 Å². The molecule has 0 radical (unpaired) electrons. The number of carbonyl (C=O) groups is 1. The number of pyridine rings is 1. The second-order valence-electron chi connectivity index (χ2n) is 10.3. The van der Waals surface area contributed by atoms with Gasteiger partial charge in [-0.2, -0.15) is 0 Å². The molecule has 2 aromatic rings. The number of fused-ring (bicyclic) bond motifs is 1. The molecule has 1 aromatic carbocycles. The van der Waals surface area contributed by atoms with Crippen LogP contribution in [0.4, 0.5) is 0 Å². The molecule has 4 aliphatic rings. The fraction of sp³-hybridized carbons (Fsp3) is 0.600. The number of halogens is 1. The van der Waals surface area contributed by atoms with Gasteiger partial charge >= 0.3 is 0 Å². The first-order chi connectivity index (χ1) is 14.8. The van der Waals surface area contributed by atoms with Crippen LogP contribution in [-0.2, 0) is 0 Å². The number of nitrogens with one attached hydrogen (secondary N) is 1. The van der Waals surface area contributed by atoms with Gasteiger partial charge in [0.2, 0.25) is 0 Å². The number of piperidine rings is 2. The molecule has 6 rings (SSSR count). The average molecular weight is 460 g/mol. The SMILES string of the molecule is CCN1C2CC3CC1CC(CNC(=O)c1c(O)c4ccccc4n(C(C)C)c1=O)(C3)C2.Cl. The molecule has 3 heterocycles. The van der Waals surface area contributed by atoms with Crippen LogP contribution in [-0.4, -0.2) is 45.7 Å². The Labute approximate surface area is 195 Å². The standard InChI is InChI=1S/C25H33N3O3.ClH/c1-4-27-17-9-16-10-18(27)13-25(11-16,12-17)14-26-23(30)21-22(29)19-7-5-6-8-20(19)28(15(2)3)24(21)31;/h5-8,15-18,29H,4,9-14H2,1-3H3,(H,26,30);1H. The number of benzene rings is 1. The highest BCUT2D eigenvalue weighted by Gasteiger charge is 2.53. The number of aromatic nitrogens is 1. The highest BCUT2D eigenvalue weighted by molar-refractivity contribution is 6.02. The Morgan fingerprint density at radius 3 is 2.47 bits per heavy atom. The predicted molar refractivity (Wildman–Crippen MR) is 129 cm³/mol. The molecule has 2 aliphatic carbocycles. The Bertz CT molecular complexity index is 1080. The molecule has 0 spiro atoms. The third-order valence-electron chi connectivity index (χ3n) is 8.03. The second-order valence-corrected chi connectivity index (χ2v) is 10.3.